The highest BCUT2D eigenvalue weighted by Gasteiger charge is 2.28. The quantitative estimate of drug-likeness (QED) is 0.837. The molecule has 1 aromatic carbocycles. The molecule has 1 aromatic rings. The van der Waals surface area contributed by atoms with E-state index in [1.807, 2.05) is 6.92 Å². The fourth-order valence-electron chi connectivity index (χ4n) is 3.06. The lowest BCUT2D eigenvalue weighted by molar-refractivity contribution is -0.125. The molecule has 0 saturated heterocycles. The fourth-order valence-corrected chi connectivity index (χ4v) is 3.06. The number of carbonyl (C=O) groups is 2. The Bertz CT molecular complexity index is 584. The molecule has 0 spiro atoms. The van der Waals surface area contributed by atoms with Crippen LogP contribution in [0.25, 0.3) is 0 Å². The van der Waals surface area contributed by atoms with E-state index < -0.39 is 5.97 Å². The van der Waals surface area contributed by atoms with Gasteiger partial charge in [0.2, 0.25) is 0 Å². The van der Waals surface area contributed by atoms with Gasteiger partial charge in [0.25, 0.3) is 5.91 Å². The number of benzene rings is 1. The highest BCUT2D eigenvalue weighted by molar-refractivity contribution is 5.94. The summed E-state index contributed by atoms with van der Waals surface area (Å²) >= 11 is 0. The number of aryl methyl sites for hydroxylation is 1. The Kier molecular flexibility index (Phi) is 5.64. The first-order valence-corrected chi connectivity index (χ1v) is 8.14. The van der Waals surface area contributed by atoms with Crippen LogP contribution in [0.3, 0.4) is 0 Å². The van der Waals surface area contributed by atoms with Crippen LogP contribution in [0.1, 0.15) is 49.0 Å². The molecule has 1 amide bonds. The molecule has 1 aliphatic rings. The number of phenols is 1. The molecule has 0 radical (unpaired) electrons. The van der Waals surface area contributed by atoms with Gasteiger partial charge >= 0.3 is 5.97 Å². The average molecular weight is 319 g/mol. The summed E-state index contributed by atoms with van der Waals surface area (Å²) in [7, 11) is 0. The zero-order chi connectivity index (χ0) is 17.0. The van der Waals surface area contributed by atoms with Crippen molar-refractivity contribution in [2.75, 3.05) is 6.61 Å². The third kappa shape index (κ3) is 4.47. The topological polar surface area (TPSA) is 75.6 Å². The smallest absolute Gasteiger partial charge is 0.342 e. The summed E-state index contributed by atoms with van der Waals surface area (Å²) in [5.74, 6) is -0.122. The maximum absolute atomic E-state index is 12.0. The van der Waals surface area contributed by atoms with Crippen LogP contribution in [0.4, 0.5) is 0 Å². The first-order valence-electron chi connectivity index (χ1n) is 8.14. The van der Waals surface area contributed by atoms with E-state index in [1.165, 1.54) is 12.5 Å². The molecule has 5 heteroatoms. The van der Waals surface area contributed by atoms with Crippen LogP contribution in [0.2, 0.25) is 0 Å². The lowest BCUT2D eigenvalue weighted by Gasteiger charge is -2.34. The molecule has 2 rings (SSSR count). The maximum Gasteiger partial charge on any atom is 0.342 e. The number of phenolic OH excluding ortho intramolecular Hbond substituents is 1. The van der Waals surface area contributed by atoms with Crippen molar-refractivity contribution in [1.82, 2.24) is 5.32 Å². The van der Waals surface area contributed by atoms with Crippen LogP contribution in [0, 0.1) is 18.8 Å². The van der Waals surface area contributed by atoms with Gasteiger partial charge in [0.15, 0.2) is 6.61 Å². The minimum Gasteiger partial charge on any atom is -0.507 e. The molecule has 23 heavy (non-hydrogen) atoms. The highest BCUT2D eigenvalue weighted by Crippen LogP contribution is 2.29. The van der Waals surface area contributed by atoms with Gasteiger partial charge in [0.1, 0.15) is 11.3 Å². The summed E-state index contributed by atoms with van der Waals surface area (Å²) in [6, 6.07) is 4.82. The molecule has 1 fully saturated rings. The third-order valence-electron chi connectivity index (χ3n) is 4.76. The molecule has 3 atom stereocenters. The van der Waals surface area contributed by atoms with Gasteiger partial charge < -0.3 is 15.2 Å². The Hall–Kier alpha value is -2.04. The number of aromatic hydroxyl groups is 1. The number of carbonyl (C=O) groups excluding carboxylic acids is 2. The highest BCUT2D eigenvalue weighted by atomic mass is 16.5. The van der Waals surface area contributed by atoms with Crippen molar-refractivity contribution in [2.45, 2.75) is 46.1 Å². The summed E-state index contributed by atoms with van der Waals surface area (Å²) < 4.78 is 5.02. The number of amides is 1. The second kappa shape index (κ2) is 7.49. The summed E-state index contributed by atoms with van der Waals surface area (Å²) in [4.78, 5) is 24.0. The van der Waals surface area contributed by atoms with E-state index in [-0.39, 0.29) is 29.9 Å². The number of rotatable bonds is 4. The lowest BCUT2D eigenvalue weighted by Crippen LogP contribution is -2.45. The molecule has 1 saturated carbocycles. The van der Waals surface area contributed by atoms with Gasteiger partial charge in [-0.3, -0.25) is 4.79 Å². The Labute approximate surface area is 137 Å². The molecule has 5 nitrogen and oxygen atoms in total. The van der Waals surface area contributed by atoms with E-state index in [1.54, 1.807) is 12.1 Å². The van der Waals surface area contributed by atoms with Crippen LogP contribution >= 0.6 is 0 Å². The maximum atomic E-state index is 12.0. The van der Waals surface area contributed by atoms with E-state index in [2.05, 4.69) is 19.2 Å². The normalized spacial score (nSPS) is 24.0. The van der Waals surface area contributed by atoms with Gasteiger partial charge in [-0.15, -0.1) is 0 Å². The van der Waals surface area contributed by atoms with Crippen molar-refractivity contribution in [3.05, 3.63) is 29.3 Å². The third-order valence-corrected chi connectivity index (χ3v) is 4.76. The number of ether oxygens (including phenoxy) is 1. The van der Waals surface area contributed by atoms with Crippen LogP contribution in [0.5, 0.6) is 5.75 Å². The second-order valence-corrected chi connectivity index (χ2v) is 6.54. The number of esters is 1. The van der Waals surface area contributed by atoms with Crippen molar-refractivity contribution in [3.63, 3.8) is 0 Å². The van der Waals surface area contributed by atoms with Gasteiger partial charge in [0.05, 0.1) is 0 Å². The van der Waals surface area contributed by atoms with Gasteiger partial charge in [-0.25, -0.2) is 4.79 Å². The molecule has 0 bridgehead atoms. The SMILES string of the molecule is Cc1ccc(O)c(C(=O)OCC(=O)N[C@@H]2CCC[C@@H](C)[C@@H]2C)c1. The second-order valence-electron chi connectivity index (χ2n) is 6.54. The largest absolute Gasteiger partial charge is 0.507 e. The predicted molar refractivity (Wildman–Crippen MR) is 87.2 cm³/mol. The number of hydrogen-bond donors (Lipinski definition) is 2. The summed E-state index contributed by atoms with van der Waals surface area (Å²) in [5.41, 5.74) is 0.918. The lowest BCUT2D eigenvalue weighted by atomic mass is 9.78. The van der Waals surface area contributed by atoms with Crippen LogP contribution in [0.15, 0.2) is 18.2 Å². The van der Waals surface area contributed by atoms with Gasteiger partial charge in [0, 0.05) is 6.04 Å². The van der Waals surface area contributed by atoms with Crippen molar-refractivity contribution in [2.24, 2.45) is 11.8 Å². The first kappa shape index (κ1) is 17.3. The first-order chi connectivity index (χ1) is 10.9. The van der Waals surface area contributed by atoms with Crippen molar-refractivity contribution in [1.29, 1.82) is 0 Å². The van der Waals surface area contributed by atoms with Crippen molar-refractivity contribution >= 4 is 11.9 Å². The summed E-state index contributed by atoms with van der Waals surface area (Å²) in [5, 5.41) is 12.6. The Morgan fingerprint density at radius 3 is 2.78 bits per heavy atom. The monoisotopic (exact) mass is 319 g/mol. The van der Waals surface area contributed by atoms with Crippen molar-refractivity contribution in [3.8, 4) is 5.75 Å². The Balaban J connectivity index is 1.86. The summed E-state index contributed by atoms with van der Waals surface area (Å²) in [6.07, 6.45) is 3.26. The minimum absolute atomic E-state index is 0.0810. The number of hydrogen-bond acceptors (Lipinski definition) is 4. The average Bonchev–Trinajstić information content (AvgIpc) is 2.52. The molecule has 0 unspecified atom stereocenters. The molecule has 0 heterocycles. The minimum atomic E-state index is -0.689. The molecule has 1 aliphatic carbocycles. The van der Waals surface area contributed by atoms with Crippen LogP contribution < -0.4 is 5.32 Å². The van der Waals surface area contributed by atoms with Gasteiger partial charge in [-0.1, -0.05) is 38.3 Å². The molecular weight excluding hydrogens is 294 g/mol. The fraction of sp³-hybridized carbons (Fsp3) is 0.556. The van der Waals surface area contributed by atoms with E-state index in [0.29, 0.717) is 11.8 Å². The van der Waals surface area contributed by atoms with E-state index >= 15 is 0 Å². The summed E-state index contributed by atoms with van der Waals surface area (Å²) in [6.45, 7) is 5.83. The van der Waals surface area contributed by atoms with E-state index in [9.17, 15) is 14.7 Å². The zero-order valence-corrected chi connectivity index (χ0v) is 14.0. The molecule has 0 aliphatic heterocycles. The zero-order valence-electron chi connectivity index (χ0n) is 14.0. The van der Waals surface area contributed by atoms with E-state index in [4.69, 9.17) is 4.74 Å². The van der Waals surface area contributed by atoms with Gasteiger partial charge in [-0.05, 0) is 37.3 Å². The predicted octanol–water partition coefficient (Wildman–Crippen LogP) is 2.80. The number of nitrogens with one attached hydrogen (secondary N) is 1. The Morgan fingerprint density at radius 2 is 2.04 bits per heavy atom. The van der Waals surface area contributed by atoms with E-state index in [0.717, 1.165) is 18.4 Å². The standard InChI is InChI=1S/C18H25NO4/c1-11-7-8-16(20)14(9-11)18(22)23-10-17(21)19-15-6-4-5-12(2)13(15)3/h7-9,12-13,15,20H,4-6,10H2,1-3H3,(H,19,21)/t12-,13+,15-/m1/s1. The Morgan fingerprint density at radius 1 is 1.30 bits per heavy atom. The van der Waals surface area contributed by atoms with Gasteiger partial charge in [-0.2, -0.15) is 0 Å². The van der Waals surface area contributed by atoms with Crippen molar-refractivity contribution < 1.29 is 19.4 Å². The van der Waals surface area contributed by atoms with Crippen LogP contribution in [-0.4, -0.2) is 29.6 Å². The molecule has 126 valence electrons. The molecular formula is C18H25NO4. The van der Waals surface area contributed by atoms with Crippen LogP contribution in [-0.2, 0) is 9.53 Å². The molecule has 0 aromatic heterocycles. The molecule has 2 N–H and O–H groups in total.